The molecule has 0 aromatic heterocycles. The lowest BCUT2D eigenvalue weighted by Gasteiger charge is -2.35. The first-order chi connectivity index (χ1) is 8.16. The smallest absolute Gasteiger partial charge is 0.0476 e. The first kappa shape index (κ1) is 11.6. The maximum Gasteiger partial charge on any atom is 0.0476 e. The molecule has 1 aromatic carbocycles. The molecule has 17 heavy (non-hydrogen) atoms. The summed E-state index contributed by atoms with van der Waals surface area (Å²) >= 11 is 12.4. The fraction of sp³-hybridized carbons (Fsp3) is 0.538. The van der Waals surface area contributed by atoms with Gasteiger partial charge in [0.25, 0.3) is 0 Å². The molecule has 0 amide bonds. The molecule has 1 fully saturated rings. The zero-order valence-corrected chi connectivity index (χ0v) is 11.1. The highest BCUT2D eigenvalue weighted by atomic mass is 35.5. The molecule has 2 aliphatic rings. The van der Waals surface area contributed by atoms with Crippen molar-refractivity contribution in [3.63, 3.8) is 0 Å². The van der Waals surface area contributed by atoms with Crippen molar-refractivity contribution in [2.24, 2.45) is 11.1 Å². The molecule has 3 rings (SSSR count). The summed E-state index contributed by atoms with van der Waals surface area (Å²) in [5.74, 6) is 0.494. The first-order valence-electron chi connectivity index (χ1n) is 6.09. The maximum atomic E-state index is 6.37. The Hall–Kier alpha value is -0.440. The van der Waals surface area contributed by atoms with Crippen LogP contribution in [0.2, 0.25) is 10.0 Å². The molecule has 2 nitrogen and oxygen atoms in total. The van der Waals surface area contributed by atoms with E-state index in [0.717, 1.165) is 23.7 Å². The van der Waals surface area contributed by atoms with Gasteiger partial charge in [-0.2, -0.15) is 0 Å². The van der Waals surface area contributed by atoms with Crippen LogP contribution in [0, 0.1) is 5.41 Å². The van der Waals surface area contributed by atoms with Crippen LogP contribution in [0.25, 0.3) is 0 Å². The second kappa shape index (κ2) is 4.04. The third kappa shape index (κ3) is 1.83. The van der Waals surface area contributed by atoms with Gasteiger partial charge < -0.3 is 11.1 Å². The lowest BCUT2D eigenvalue weighted by atomic mass is 9.77. The third-order valence-electron chi connectivity index (χ3n) is 4.16. The topological polar surface area (TPSA) is 38.0 Å². The molecule has 4 heteroatoms. The highest BCUT2D eigenvalue weighted by molar-refractivity contribution is 6.35. The van der Waals surface area contributed by atoms with Crippen LogP contribution in [0.3, 0.4) is 0 Å². The molecule has 3 N–H and O–H groups in total. The molecule has 1 saturated carbocycles. The summed E-state index contributed by atoms with van der Waals surface area (Å²) in [5, 5.41) is 4.95. The summed E-state index contributed by atoms with van der Waals surface area (Å²) in [6, 6.07) is 3.82. The number of hydrogen-bond acceptors (Lipinski definition) is 2. The van der Waals surface area contributed by atoms with Crippen LogP contribution in [-0.4, -0.2) is 13.1 Å². The van der Waals surface area contributed by atoms with Gasteiger partial charge in [0.05, 0.1) is 0 Å². The van der Waals surface area contributed by atoms with Crippen LogP contribution in [0.4, 0.5) is 5.69 Å². The SMILES string of the molecule is NCCC1c2c(Cl)cc(Cl)cc2NCC12CC2. The van der Waals surface area contributed by atoms with Crippen molar-refractivity contribution < 1.29 is 0 Å². The number of hydrogen-bond donors (Lipinski definition) is 2. The van der Waals surface area contributed by atoms with Crippen molar-refractivity contribution in [3.05, 3.63) is 27.7 Å². The minimum atomic E-state index is 0.407. The fourth-order valence-corrected chi connectivity index (χ4v) is 3.71. The number of halogens is 2. The molecule has 1 atom stereocenters. The van der Waals surface area contributed by atoms with Gasteiger partial charge in [-0.05, 0) is 54.8 Å². The van der Waals surface area contributed by atoms with E-state index >= 15 is 0 Å². The van der Waals surface area contributed by atoms with E-state index in [1.54, 1.807) is 0 Å². The van der Waals surface area contributed by atoms with E-state index in [9.17, 15) is 0 Å². The standard InChI is InChI=1S/C13H16Cl2N2/c14-8-5-10(15)12-9(1-4-16)13(2-3-13)7-17-11(12)6-8/h5-6,9,17H,1-4,7,16H2. The Morgan fingerprint density at radius 2 is 2.12 bits per heavy atom. The minimum Gasteiger partial charge on any atom is -0.384 e. The Morgan fingerprint density at radius 1 is 1.35 bits per heavy atom. The highest BCUT2D eigenvalue weighted by Gasteiger charge is 2.52. The van der Waals surface area contributed by atoms with Crippen LogP contribution < -0.4 is 11.1 Å². The Balaban J connectivity index is 2.08. The van der Waals surface area contributed by atoms with Crippen LogP contribution in [0.1, 0.15) is 30.7 Å². The number of rotatable bonds is 2. The average Bonchev–Trinajstić information content (AvgIpc) is 3.03. The normalized spacial score (nSPS) is 24.3. The van der Waals surface area contributed by atoms with Gasteiger partial charge in [-0.25, -0.2) is 0 Å². The van der Waals surface area contributed by atoms with E-state index in [1.807, 2.05) is 12.1 Å². The fourth-order valence-electron chi connectivity index (χ4n) is 3.09. The van der Waals surface area contributed by atoms with Crippen molar-refractivity contribution in [3.8, 4) is 0 Å². The van der Waals surface area contributed by atoms with E-state index in [2.05, 4.69) is 5.32 Å². The third-order valence-corrected chi connectivity index (χ3v) is 4.69. The predicted octanol–water partition coefficient (Wildman–Crippen LogP) is 3.63. The quantitative estimate of drug-likeness (QED) is 0.862. The summed E-state index contributed by atoms with van der Waals surface area (Å²) in [5.41, 5.74) is 8.49. The first-order valence-corrected chi connectivity index (χ1v) is 6.85. The molecule has 1 aromatic rings. The summed E-state index contributed by atoms with van der Waals surface area (Å²) in [4.78, 5) is 0. The zero-order valence-electron chi connectivity index (χ0n) is 9.60. The molecule has 92 valence electrons. The zero-order chi connectivity index (χ0) is 12.0. The summed E-state index contributed by atoms with van der Waals surface area (Å²) in [6.45, 7) is 1.74. The van der Waals surface area contributed by atoms with Gasteiger partial charge in [-0.3, -0.25) is 0 Å². The molecular weight excluding hydrogens is 255 g/mol. The van der Waals surface area contributed by atoms with Crippen molar-refractivity contribution in [1.29, 1.82) is 0 Å². The van der Waals surface area contributed by atoms with Gasteiger partial charge in [-0.15, -0.1) is 0 Å². The molecule has 1 spiro atoms. The van der Waals surface area contributed by atoms with Crippen molar-refractivity contribution in [2.45, 2.75) is 25.2 Å². The van der Waals surface area contributed by atoms with Gasteiger partial charge in [0.1, 0.15) is 0 Å². The van der Waals surface area contributed by atoms with Gasteiger partial charge in [0.15, 0.2) is 0 Å². The summed E-state index contributed by atoms with van der Waals surface area (Å²) in [7, 11) is 0. The molecule has 1 unspecified atom stereocenters. The Kier molecular flexibility index (Phi) is 2.77. The lowest BCUT2D eigenvalue weighted by molar-refractivity contribution is 0.390. The van der Waals surface area contributed by atoms with E-state index in [0.29, 0.717) is 22.9 Å². The van der Waals surface area contributed by atoms with E-state index in [4.69, 9.17) is 28.9 Å². The van der Waals surface area contributed by atoms with E-state index < -0.39 is 0 Å². The van der Waals surface area contributed by atoms with Crippen LogP contribution in [0.5, 0.6) is 0 Å². The van der Waals surface area contributed by atoms with E-state index in [1.165, 1.54) is 18.4 Å². The minimum absolute atomic E-state index is 0.407. The Labute approximate surface area is 111 Å². The molecule has 1 aliphatic heterocycles. The highest BCUT2D eigenvalue weighted by Crippen LogP contribution is 2.61. The summed E-state index contributed by atoms with van der Waals surface area (Å²) in [6.07, 6.45) is 3.57. The monoisotopic (exact) mass is 270 g/mol. The van der Waals surface area contributed by atoms with Gasteiger partial charge in [-0.1, -0.05) is 23.2 Å². The largest absolute Gasteiger partial charge is 0.384 e. The second-order valence-electron chi connectivity index (χ2n) is 5.19. The Bertz CT molecular complexity index is 455. The van der Waals surface area contributed by atoms with Crippen molar-refractivity contribution in [1.82, 2.24) is 0 Å². The molecule has 1 heterocycles. The molecule has 0 radical (unpaired) electrons. The molecular formula is C13H16Cl2N2. The Morgan fingerprint density at radius 3 is 2.76 bits per heavy atom. The number of fused-ring (bicyclic) bond motifs is 1. The molecule has 1 aliphatic carbocycles. The van der Waals surface area contributed by atoms with Crippen LogP contribution >= 0.6 is 23.2 Å². The van der Waals surface area contributed by atoms with Gasteiger partial charge >= 0.3 is 0 Å². The summed E-state index contributed by atoms with van der Waals surface area (Å²) < 4.78 is 0. The van der Waals surface area contributed by atoms with E-state index in [-0.39, 0.29) is 0 Å². The van der Waals surface area contributed by atoms with Crippen LogP contribution in [-0.2, 0) is 0 Å². The number of nitrogens with one attached hydrogen (secondary N) is 1. The number of nitrogens with two attached hydrogens (primary N) is 1. The van der Waals surface area contributed by atoms with Gasteiger partial charge in [0.2, 0.25) is 0 Å². The number of benzene rings is 1. The number of anilines is 1. The van der Waals surface area contributed by atoms with Crippen molar-refractivity contribution in [2.75, 3.05) is 18.4 Å². The van der Waals surface area contributed by atoms with Crippen molar-refractivity contribution >= 4 is 28.9 Å². The molecule has 0 saturated heterocycles. The van der Waals surface area contributed by atoms with Crippen LogP contribution in [0.15, 0.2) is 12.1 Å². The average molecular weight is 271 g/mol. The molecule has 0 bridgehead atoms. The lowest BCUT2D eigenvalue weighted by Crippen LogP contribution is -2.31. The van der Waals surface area contributed by atoms with Gasteiger partial charge in [0, 0.05) is 22.3 Å². The second-order valence-corrected chi connectivity index (χ2v) is 6.04. The maximum absolute atomic E-state index is 6.37. The predicted molar refractivity (Wildman–Crippen MR) is 73.0 cm³/mol.